The van der Waals surface area contributed by atoms with Crippen LogP contribution in [0, 0.1) is 21.7 Å². The first-order valence-corrected chi connectivity index (χ1v) is 11.6. The third-order valence-corrected chi connectivity index (χ3v) is 6.26. The number of benzene rings is 2. The minimum absolute atomic E-state index is 0.00624. The highest BCUT2D eigenvalue weighted by atomic mass is 19.1. The molecule has 36 heavy (non-hydrogen) atoms. The number of halogens is 2. The van der Waals surface area contributed by atoms with Gasteiger partial charge in [0, 0.05) is 66.2 Å². The third-order valence-electron chi connectivity index (χ3n) is 6.26. The average Bonchev–Trinajstić information content (AvgIpc) is 2.84. The lowest BCUT2D eigenvalue weighted by atomic mass is 10.2. The molecule has 12 heteroatoms. The van der Waals surface area contributed by atoms with Gasteiger partial charge in [-0.05, 0) is 30.3 Å². The van der Waals surface area contributed by atoms with Crippen molar-refractivity contribution in [2.24, 2.45) is 0 Å². The fraction of sp³-hybridized carbons (Fsp3) is 0.417. The molecule has 2 aromatic rings. The average molecular weight is 505 g/mol. The molecule has 2 aliphatic heterocycles. The lowest BCUT2D eigenvalue weighted by Crippen LogP contribution is -2.48. The van der Waals surface area contributed by atoms with Crippen molar-refractivity contribution in [2.75, 3.05) is 67.9 Å². The summed E-state index contributed by atoms with van der Waals surface area (Å²) in [6, 6.07) is 7.97. The van der Waals surface area contributed by atoms with E-state index >= 15 is 0 Å². The number of rotatable bonds is 3. The highest BCUT2D eigenvalue weighted by molar-refractivity contribution is 5.74. The number of carbonyl (C=O) groups is 2. The quantitative estimate of drug-likeness (QED) is 0.388. The molecule has 2 N–H and O–H groups in total. The van der Waals surface area contributed by atoms with E-state index in [0.717, 1.165) is 24.8 Å². The molecule has 2 saturated heterocycles. The van der Waals surface area contributed by atoms with Crippen LogP contribution in [0.2, 0.25) is 0 Å². The summed E-state index contributed by atoms with van der Waals surface area (Å²) in [5.74, 6) is -0.864. The Morgan fingerprint density at radius 1 is 0.778 bits per heavy atom. The fourth-order valence-electron chi connectivity index (χ4n) is 4.25. The molecule has 194 valence electrons. The van der Waals surface area contributed by atoms with Crippen molar-refractivity contribution in [1.29, 1.82) is 0 Å². The van der Waals surface area contributed by atoms with Crippen LogP contribution in [-0.4, -0.2) is 78.9 Å². The van der Waals surface area contributed by atoms with Crippen LogP contribution in [-0.2, 0) is 9.59 Å². The number of anilines is 3. The number of piperazine rings is 2. The minimum Gasteiger partial charge on any atom is -0.397 e. The molecule has 4 rings (SSSR count). The molecule has 0 radical (unpaired) electrons. The van der Waals surface area contributed by atoms with Crippen LogP contribution in [0.15, 0.2) is 36.4 Å². The van der Waals surface area contributed by atoms with Crippen LogP contribution in [0.25, 0.3) is 0 Å². The minimum atomic E-state index is -0.627. The van der Waals surface area contributed by atoms with Gasteiger partial charge in [0.15, 0.2) is 0 Å². The fourth-order valence-corrected chi connectivity index (χ4v) is 4.25. The molecule has 2 aliphatic rings. The summed E-state index contributed by atoms with van der Waals surface area (Å²) >= 11 is 0. The predicted octanol–water partition coefficient (Wildman–Crippen LogP) is 2.48. The largest absolute Gasteiger partial charge is 0.397 e. The number of carbonyl (C=O) groups excluding carboxylic acids is 2. The summed E-state index contributed by atoms with van der Waals surface area (Å²) in [5, 5.41) is 10.9. The molecule has 2 heterocycles. The van der Waals surface area contributed by atoms with Crippen LogP contribution in [0.5, 0.6) is 0 Å². The standard InChI is InChI=1S/C12H14FN3O3.C12H16FN3O/c1-9(17)14-4-6-15(7-5-14)11-3-2-10(13)8-12(11)16(18)19;1-9(17)15-4-6-16(7-5-15)12-3-2-10(13)8-11(12)14/h2-3,8H,4-7H2,1H3;2-3,8H,4-7,14H2,1H3. The molecule has 0 unspecified atom stereocenters. The molecular formula is C24H30F2N6O4. The van der Waals surface area contributed by atoms with E-state index in [0.29, 0.717) is 50.6 Å². The van der Waals surface area contributed by atoms with Crippen molar-refractivity contribution >= 4 is 34.6 Å². The number of nitro groups is 1. The molecule has 2 fully saturated rings. The number of nitro benzene ring substituents is 1. The molecular weight excluding hydrogens is 474 g/mol. The maximum atomic E-state index is 13.1. The number of nitrogens with two attached hydrogens (primary N) is 1. The number of hydrogen-bond donors (Lipinski definition) is 1. The number of nitrogens with zero attached hydrogens (tertiary/aromatic N) is 5. The third kappa shape index (κ3) is 6.58. The summed E-state index contributed by atoms with van der Waals surface area (Å²) < 4.78 is 26.0. The first kappa shape index (κ1) is 26.6. The van der Waals surface area contributed by atoms with Crippen LogP contribution in [0.3, 0.4) is 0 Å². The number of hydrogen-bond acceptors (Lipinski definition) is 7. The summed E-state index contributed by atoms with van der Waals surface area (Å²) in [4.78, 5) is 40.1. The summed E-state index contributed by atoms with van der Waals surface area (Å²) in [5.41, 5.74) is 7.23. The van der Waals surface area contributed by atoms with Crippen molar-refractivity contribution in [3.05, 3.63) is 58.1 Å². The molecule has 2 aromatic carbocycles. The number of nitrogen functional groups attached to an aromatic ring is 1. The normalized spacial score (nSPS) is 15.8. The van der Waals surface area contributed by atoms with Gasteiger partial charge in [-0.25, -0.2) is 8.78 Å². The van der Waals surface area contributed by atoms with E-state index in [2.05, 4.69) is 4.90 Å². The van der Waals surface area contributed by atoms with Gasteiger partial charge in [0.05, 0.1) is 22.4 Å². The van der Waals surface area contributed by atoms with Gasteiger partial charge in [0.25, 0.3) is 5.69 Å². The van der Waals surface area contributed by atoms with Crippen LogP contribution >= 0.6 is 0 Å². The van der Waals surface area contributed by atoms with Crippen LogP contribution in [0.4, 0.5) is 31.5 Å². The topological polar surface area (TPSA) is 116 Å². The van der Waals surface area contributed by atoms with Gasteiger partial charge in [0.1, 0.15) is 17.3 Å². The zero-order valence-corrected chi connectivity index (χ0v) is 20.3. The maximum Gasteiger partial charge on any atom is 0.295 e. The summed E-state index contributed by atoms with van der Waals surface area (Å²) in [6.45, 7) is 7.95. The molecule has 0 aliphatic carbocycles. The Hall–Kier alpha value is -3.96. The van der Waals surface area contributed by atoms with Crippen molar-refractivity contribution in [2.45, 2.75) is 13.8 Å². The Morgan fingerprint density at radius 3 is 1.61 bits per heavy atom. The summed E-state index contributed by atoms with van der Waals surface area (Å²) in [6.07, 6.45) is 0. The van der Waals surface area contributed by atoms with E-state index in [9.17, 15) is 28.5 Å². The van der Waals surface area contributed by atoms with Gasteiger partial charge in [-0.3, -0.25) is 19.7 Å². The Kier molecular flexibility index (Phi) is 8.62. The van der Waals surface area contributed by atoms with E-state index in [-0.39, 0.29) is 23.3 Å². The van der Waals surface area contributed by atoms with E-state index in [4.69, 9.17) is 5.73 Å². The predicted molar refractivity (Wildman–Crippen MR) is 133 cm³/mol. The number of amides is 2. The monoisotopic (exact) mass is 504 g/mol. The molecule has 0 bridgehead atoms. The van der Waals surface area contributed by atoms with Crippen molar-refractivity contribution in [3.8, 4) is 0 Å². The Balaban J connectivity index is 0.000000202. The van der Waals surface area contributed by atoms with E-state index in [1.54, 1.807) is 27.7 Å². The molecule has 2 amide bonds. The van der Waals surface area contributed by atoms with Gasteiger partial charge < -0.3 is 25.3 Å². The lowest BCUT2D eigenvalue weighted by molar-refractivity contribution is -0.384. The van der Waals surface area contributed by atoms with Crippen LogP contribution in [0.1, 0.15) is 13.8 Å². The smallest absolute Gasteiger partial charge is 0.295 e. The van der Waals surface area contributed by atoms with E-state index < -0.39 is 10.7 Å². The first-order chi connectivity index (χ1) is 17.1. The summed E-state index contributed by atoms with van der Waals surface area (Å²) in [7, 11) is 0. The Bertz CT molecular complexity index is 1120. The van der Waals surface area contributed by atoms with Crippen molar-refractivity contribution in [3.63, 3.8) is 0 Å². The molecule has 0 aromatic heterocycles. The zero-order valence-electron chi connectivity index (χ0n) is 20.3. The Labute approximate surface area is 208 Å². The van der Waals surface area contributed by atoms with Crippen LogP contribution < -0.4 is 15.5 Å². The second kappa shape index (κ2) is 11.6. The van der Waals surface area contributed by atoms with Crippen molar-refractivity contribution in [1.82, 2.24) is 9.80 Å². The highest BCUT2D eigenvalue weighted by Gasteiger charge is 2.25. The lowest BCUT2D eigenvalue weighted by Gasteiger charge is -2.36. The Morgan fingerprint density at radius 2 is 1.19 bits per heavy atom. The van der Waals surface area contributed by atoms with Gasteiger partial charge in [-0.1, -0.05) is 0 Å². The molecule has 0 atom stereocenters. The van der Waals surface area contributed by atoms with Gasteiger partial charge in [-0.2, -0.15) is 0 Å². The van der Waals surface area contributed by atoms with Gasteiger partial charge in [-0.15, -0.1) is 0 Å². The zero-order chi connectivity index (χ0) is 26.4. The first-order valence-electron chi connectivity index (χ1n) is 11.6. The van der Waals surface area contributed by atoms with E-state index in [1.165, 1.54) is 31.2 Å². The highest BCUT2D eigenvalue weighted by Crippen LogP contribution is 2.29. The molecule has 0 spiro atoms. The van der Waals surface area contributed by atoms with Crippen molar-refractivity contribution < 1.29 is 23.3 Å². The van der Waals surface area contributed by atoms with E-state index in [1.807, 2.05) is 0 Å². The SMILES string of the molecule is CC(=O)N1CCN(c2ccc(F)cc2N)CC1.CC(=O)N1CCN(c2ccc(F)cc2[N+](=O)[O-])CC1. The van der Waals surface area contributed by atoms with Gasteiger partial charge >= 0.3 is 0 Å². The maximum absolute atomic E-state index is 13.1. The molecule has 0 saturated carbocycles. The molecule has 10 nitrogen and oxygen atoms in total. The second-order valence-corrected chi connectivity index (χ2v) is 8.58. The van der Waals surface area contributed by atoms with Gasteiger partial charge in [0.2, 0.25) is 11.8 Å². The second-order valence-electron chi connectivity index (χ2n) is 8.58.